The Morgan fingerprint density at radius 2 is 1.83 bits per heavy atom. The predicted octanol–water partition coefficient (Wildman–Crippen LogP) is 4.89. The molecule has 1 N–H and O–H groups in total. The Kier molecular flexibility index (Phi) is 5.41. The highest BCUT2D eigenvalue weighted by molar-refractivity contribution is 5.67. The van der Waals surface area contributed by atoms with Gasteiger partial charge in [-0.15, -0.1) is 0 Å². The number of rotatable bonds is 4. The lowest BCUT2D eigenvalue weighted by Gasteiger charge is -2.27. The van der Waals surface area contributed by atoms with Crippen LogP contribution in [0.3, 0.4) is 0 Å². The molecule has 4 rings (SSSR count). The molecular weight excluding hydrogens is 365 g/mol. The molecule has 0 amide bonds. The van der Waals surface area contributed by atoms with Crippen molar-refractivity contribution >= 4 is 5.57 Å². The highest BCUT2D eigenvalue weighted by Gasteiger charge is 2.16. The molecule has 1 aromatic heterocycles. The van der Waals surface area contributed by atoms with Crippen LogP contribution in [-0.4, -0.2) is 33.1 Å². The van der Waals surface area contributed by atoms with Crippen molar-refractivity contribution in [2.75, 3.05) is 13.1 Å². The first kappa shape index (κ1) is 19.3. The highest BCUT2D eigenvalue weighted by atomic mass is 19.1. The number of hydrogen-bond acceptors (Lipinski definition) is 4. The number of aryl methyl sites for hydroxylation is 2. The minimum atomic E-state index is -0.212. The summed E-state index contributed by atoms with van der Waals surface area (Å²) in [6.07, 6.45) is 4.85. The van der Waals surface area contributed by atoms with Crippen LogP contribution in [0.25, 0.3) is 16.8 Å². The molecule has 0 radical (unpaired) electrons. The van der Waals surface area contributed by atoms with E-state index in [4.69, 9.17) is 0 Å². The van der Waals surface area contributed by atoms with Gasteiger partial charge in [0.1, 0.15) is 11.6 Å². The largest absolute Gasteiger partial charge is 0.508 e. The van der Waals surface area contributed by atoms with Crippen molar-refractivity contribution in [1.82, 2.24) is 14.9 Å². The molecule has 0 aliphatic carbocycles. The van der Waals surface area contributed by atoms with Crippen molar-refractivity contribution in [3.8, 4) is 17.0 Å². The van der Waals surface area contributed by atoms with Gasteiger partial charge in [-0.1, -0.05) is 18.2 Å². The maximum Gasteiger partial charge on any atom is 0.123 e. The summed E-state index contributed by atoms with van der Waals surface area (Å²) in [6.45, 7) is 6.21. The molecule has 0 saturated heterocycles. The Bertz CT molecular complexity index is 1060. The minimum absolute atomic E-state index is 0.212. The summed E-state index contributed by atoms with van der Waals surface area (Å²) < 4.78 is 13.1. The van der Waals surface area contributed by atoms with Crippen molar-refractivity contribution in [2.45, 2.75) is 26.8 Å². The Hall–Kier alpha value is -3.05. The topological polar surface area (TPSA) is 49.3 Å². The summed E-state index contributed by atoms with van der Waals surface area (Å²) in [5.41, 5.74) is 6.75. The van der Waals surface area contributed by atoms with Gasteiger partial charge in [-0.05, 0) is 61.7 Å². The number of halogens is 1. The van der Waals surface area contributed by atoms with E-state index in [1.165, 1.54) is 17.7 Å². The number of phenolic OH excluding ortho intramolecular Hbond substituents is 1. The van der Waals surface area contributed by atoms with Crippen molar-refractivity contribution in [2.24, 2.45) is 0 Å². The minimum Gasteiger partial charge on any atom is -0.508 e. The molecule has 0 fully saturated rings. The molecule has 3 aromatic rings. The normalized spacial score (nSPS) is 14.7. The average molecular weight is 389 g/mol. The Balaban J connectivity index is 1.51. The Morgan fingerprint density at radius 3 is 2.55 bits per heavy atom. The summed E-state index contributed by atoms with van der Waals surface area (Å²) in [7, 11) is 0. The fourth-order valence-corrected chi connectivity index (χ4v) is 3.69. The highest BCUT2D eigenvalue weighted by Crippen LogP contribution is 2.29. The lowest BCUT2D eigenvalue weighted by molar-refractivity contribution is 0.289. The number of hydrogen-bond donors (Lipinski definition) is 1. The molecule has 29 heavy (non-hydrogen) atoms. The number of benzene rings is 2. The van der Waals surface area contributed by atoms with Gasteiger partial charge in [0.05, 0.1) is 17.1 Å². The quantitative estimate of drug-likeness (QED) is 0.690. The van der Waals surface area contributed by atoms with Gasteiger partial charge < -0.3 is 5.11 Å². The molecule has 148 valence electrons. The van der Waals surface area contributed by atoms with E-state index in [1.807, 2.05) is 38.1 Å². The molecular formula is C24H24FN3O. The van der Waals surface area contributed by atoms with E-state index >= 15 is 0 Å². The zero-order valence-electron chi connectivity index (χ0n) is 16.7. The standard InChI is InChI=1S/C24H24FN3O/c1-16-14-26-17(2)24(27-16)20-5-8-23(29)21(13-20)15-28-11-9-19(10-12-28)18-3-6-22(25)7-4-18/h3-9,13-14,29H,10-12,15H2,1-2H3. The fourth-order valence-electron chi connectivity index (χ4n) is 3.69. The summed E-state index contributed by atoms with van der Waals surface area (Å²) >= 11 is 0. The average Bonchev–Trinajstić information content (AvgIpc) is 2.73. The van der Waals surface area contributed by atoms with E-state index in [0.29, 0.717) is 12.3 Å². The van der Waals surface area contributed by atoms with Gasteiger partial charge in [0.25, 0.3) is 0 Å². The SMILES string of the molecule is Cc1cnc(C)c(-c2ccc(O)c(CN3CC=C(c4ccc(F)cc4)CC3)c2)n1. The Labute approximate surface area is 170 Å². The summed E-state index contributed by atoms with van der Waals surface area (Å²) in [4.78, 5) is 11.3. The van der Waals surface area contributed by atoms with E-state index in [9.17, 15) is 9.50 Å². The van der Waals surface area contributed by atoms with Gasteiger partial charge in [-0.3, -0.25) is 9.88 Å². The molecule has 2 aromatic carbocycles. The van der Waals surface area contributed by atoms with Crippen molar-refractivity contribution in [3.05, 3.63) is 83.1 Å². The van der Waals surface area contributed by atoms with Crippen LogP contribution >= 0.6 is 0 Å². The van der Waals surface area contributed by atoms with Crippen LogP contribution < -0.4 is 0 Å². The fraction of sp³-hybridized carbons (Fsp3) is 0.250. The van der Waals surface area contributed by atoms with Crippen LogP contribution in [0.4, 0.5) is 4.39 Å². The van der Waals surface area contributed by atoms with Crippen LogP contribution in [0.5, 0.6) is 5.75 Å². The molecule has 0 spiro atoms. The molecule has 1 aliphatic heterocycles. The summed E-state index contributed by atoms with van der Waals surface area (Å²) in [5.74, 6) is 0.0796. The summed E-state index contributed by atoms with van der Waals surface area (Å²) in [5, 5.41) is 10.4. The molecule has 5 heteroatoms. The number of aromatic nitrogens is 2. The van der Waals surface area contributed by atoms with Crippen LogP contribution in [0.15, 0.2) is 54.7 Å². The third-order valence-electron chi connectivity index (χ3n) is 5.33. The smallest absolute Gasteiger partial charge is 0.123 e. The zero-order valence-corrected chi connectivity index (χ0v) is 16.7. The summed E-state index contributed by atoms with van der Waals surface area (Å²) in [6, 6.07) is 12.3. The van der Waals surface area contributed by atoms with Gasteiger partial charge in [0.2, 0.25) is 0 Å². The van der Waals surface area contributed by atoms with E-state index in [-0.39, 0.29) is 5.82 Å². The van der Waals surface area contributed by atoms with Crippen molar-refractivity contribution < 1.29 is 9.50 Å². The van der Waals surface area contributed by atoms with E-state index in [1.54, 1.807) is 12.3 Å². The molecule has 2 heterocycles. The molecule has 0 unspecified atom stereocenters. The first-order valence-corrected chi connectivity index (χ1v) is 9.79. The second-order valence-corrected chi connectivity index (χ2v) is 7.51. The molecule has 4 nitrogen and oxygen atoms in total. The molecule has 0 atom stereocenters. The van der Waals surface area contributed by atoms with E-state index in [0.717, 1.165) is 53.3 Å². The second kappa shape index (κ2) is 8.13. The second-order valence-electron chi connectivity index (χ2n) is 7.51. The van der Waals surface area contributed by atoms with Crippen LogP contribution in [-0.2, 0) is 6.54 Å². The van der Waals surface area contributed by atoms with Gasteiger partial charge in [-0.25, -0.2) is 9.37 Å². The van der Waals surface area contributed by atoms with Crippen LogP contribution in [0, 0.1) is 19.7 Å². The molecule has 1 aliphatic rings. The third kappa shape index (κ3) is 4.35. The number of nitrogens with zero attached hydrogens (tertiary/aromatic N) is 3. The molecule has 0 bridgehead atoms. The van der Waals surface area contributed by atoms with Crippen molar-refractivity contribution in [3.63, 3.8) is 0 Å². The van der Waals surface area contributed by atoms with Gasteiger partial charge in [0.15, 0.2) is 0 Å². The van der Waals surface area contributed by atoms with E-state index < -0.39 is 0 Å². The molecule has 0 saturated carbocycles. The lowest BCUT2D eigenvalue weighted by Crippen LogP contribution is -2.28. The monoisotopic (exact) mass is 389 g/mol. The van der Waals surface area contributed by atoms with Gasteiger partial charge in [-0.2, -0.15) is 0 Å². The third-order valence-corrected chi connectivity index (χ3v) is 5.33. The number of phenols is 1. The van der Waals surface area contributed by atoms with E-state index in [2.05, 4.69) is 20.9 Å². The maximum atomic E-state index is 13.1. The lowest BCUT2D eigenvalue weighted by atomic mass is 9.99. The van der Waals surface area contributed by atoms with Crippen LogP contribution in [0.2, 0.25) is 0 Å². The predicted molar refractivity (Wildman–Crippen MR) is 113 cm³/mol. The number of aromatic hydroxyl groups is 1. The first-order chi connectivity index (χ1) is 14.0. The van der Waals surface area contributed by atoms with Crippen molar-refractivity contribution in [1.29, 1.82) is 0 Å². The van der Waals surface area contributed by atoms with Gasteiger partial charge in [0, 0.05) is 37.0 Å². The van der Waals surface area contributed by atoms with Gasteiger partial charge >= 0.3 is 0 Å². The van der Waals surface area contributed by atoms with Crippen LogP contribution in [0.1, 0.15) is 28.9 Å². The first-order valence-electron chi connectivity index (χ1n) is 9.79. The zero-order chi connectivity index (χ0) is 20.4. The Morgan fingerprint density at radius 1 is 1.07 bits per heavy atom. The maximum absolute atomic E-state index is 13.1.